The number of rotatable bonds is 7. The largest absolute Gasteiger partial charge is 0.426 e. The Morgan fingerprint density at radius 2 is 1.29 bits per heavy atom. The predicted molar refractivity (Wildman–Crippen MR) is 134 cm³/mol. The van der Waals surface area contributed by atoms with Crippen molar-refractivity contribution in [3.63, 3.8) is 0 Å². The van der Waals surface area contributed by atoms with Gasteiger partial charge in [-0.05, 0) is 74.2 Å². The maximum absolute atomic E-state index is 12.1. The van der Waals surface area contributed by atoms with Crippen LogP contribution >= 0.6 is 0 Å². The van der Waals surface area contributed by atoms with Gasteiger partial charge in [-0.2, -0.15) is 0 Å². The lowest BCUT2D eigenvalue weighted by Crippen LogP contribution is -2.25. The molecule has 0 aliphatic carbocycles. The molecule has 0 aliphatic rings. The van der Waals surface area contributed by atoms with Crippen molar-refractivity contribution in [2.75, 3.05) is 7.11 Å². The number of carbonyl (C=O) groups is 2. The summed E-state index contributed by atoms with van der Waals surface area (Å²) in [5.41, 5.74) is 4.63. The molecule has 3 rings (SSSR count). The first kappa shape index (κ1) is 24.9. The molecule has 3 aromatic carbocycles. The molecule has 0 atom stereocenters. The van der Waals surface area contributed by atoms with E-state index in [1.165, 1.54) is 0 Å². The maximum atomic E-state index is 12.1. The highest BCUT2D eigenvalue weighted by Gasteiger charge is 2.23. The molecule has 0 fully saturated rings. The van der Waals surface area contributed by atoms with Crippen LogP contribution in [0.1, 0.15) is 33.3 Å². The van der Waals surface area contributed by atoms with E-state index in [2.05, 4.69) is 6.58 Å². The van der Waals surface area contributed by atoms with Crippen molar-refractivity contribution in [1.82, 2.24) is 0 Å². The van der Waals surface area contributed by atoms with Gasteiger partial charge in [0, 0.05) is 18.2 Å². The van der Waals surface area contributed by atoms with Crippen LogP contribution in [0.5, 0.6) is 11.5 Å². The molecule has 0 unspecified atom stereocenters. The normalized spacial score (nSPS) is 11.1. The van der Waals surface area contributed by atoms with E-state index in [1.54, 1.807) is 32.2 Å². The Morgan fingerprint density at radius 1 is 0.794 bits per heavy atom. The molecule has 0 amide bonds. The van der Waals surface area contributed by atoms with E-state index in [0.717, 1.165) is 27.8 Å². The lowest BCUT2D eigenvalue weighted by molar-refractivity contribution is -0.143. The lowest BCUT2D eigenvalue weighted by atomic mass is 9.97. The van der Waals surface area contributed by atoms with Crippen molar-refractivity contribution in [3.05, 3.63) is 84.4 Å². The molecular formula is C29H30O5. The summed E-state index contributed by atoms with van der Waals surface area (Å²) in [6, 6.07) is 21.3. The predicted octanol–water partition coefficient (Wildman–Crippen LogP) is 6.60. The average molecular weight is 459 g/mol. The highest BCUT2D eigenvalue weighted by Crippen LogP contribution is 2.30. The van der Waals surface area contributed by atoms with Gasteiger partial charge in [0.15, 0.2) is 0 Å². The van der Waals surface area contributed by atoms with Crippen LogP contribution in [0.2, 0.25) is 0 Å². The number of ether oxygens (including phenoxy) is 3. The van der Waals surface area contributed by atoms with Crippen molar-refractivity contribution in [2.24, 2.45) is 5.41 Å². The van der Waals surface area contributed by atoms with Gasteiger partial charge in [0.25, 0.3) is 0 Å². The molecule has 0 bridgehead atoms. The molecule has 0 saturated carbocycles. The second-order valence-electron chi connectivity index (χ2n) is 9.17. The molecule has 0 aliphatic heterocycles. The maximum Gasteiger partial charge on any atom is 0.338 e. The minimum absolute atomic E-state index is 0.266. The molecule has 0 N–H and O–H groups in total. The summed E-state index contributed by atoms with van der Waals surface area (Å²) in [5.74, 6) is 0.257. The third-order valence-corrected chi connectivity index (χ3v) is 5.14. The highest BCUT2D eigenvalue weighted by molar-refractivity contribution is 5.89. The van der Waals surface area contributed by atoms with E-state index >= 15 is 0 Å². The quantitative estimate of drug-likeness (QED) is 0.227. The molecule has 176 valence electrons. The van der Waals surface area contributed by atoms with Crippen LogP contribution in [0.4, 0.5) is 0 Å². The summed E-state index contributed by atoms with van der Waals surface area (Å²) in [6.45, 7) is 11.0. The van der Waals surface area contributed by atoms with Gasteiger partial charge in [-0.1, -0.05) is 49.0 Å². The van der Waals surface area contributed by atoms with Crippen LogP contribution in [0.25, 0.3) is 22.3 Å². The number of benzene rings is 3. The van der Waals surface area contributed by atoms with Crippen molar-refractivity contribution < 1.29 is 23.8 Å². The molecule has 0 saturated heterocycles. The zero-order valence-electron chi connectivity index (χ0n) is 20.3. The van der Waals surface area contributed by atoms with E-state index < -0.39 is 11.4 Å². The Morgan fingerprint density at radius 3 is 1.79 bits per heavy atom. The Labute approximate surface area is 201 Å². The van der Waals surface area contributed by atoms with Gasteiger partial charge in [0.1, 0.15) is 11.5 Å². The minimum Gasteiger partial charge on any atom is -0.426 e. The second-order valence-corrected chi connectivity index (χ2v) is 9.17. The van der Waals surface area contributed by atoms with Crippen molar-refractivity contribution in [1.29, 1.82) is 0 Å². The third kappa shape index (κ3) is 6.21. The molecule has 34 heavy (non-hydrogen) atoms. The Bertz CT molecular complexity index is 1180. The Balaban J connectivity index is 1.78. The van der Waals surface area contributed by atoms with Crippen LogP contribution < -0.4 is 9.47 Å². The van der Waals surface area contributed by atoms with E-state index in [1.807, 2.05) is 69.3 Å². The number of carbonyl (C=O) groups excluding carboxylic acids is 2. The summed E-state index contributed by atoms with van der Waals surface area (Å²) in [6.07, 6.45) is 0. The van der Waals surface area contributed by atoms with Gasteiger partial charge >= 0.3 is 11.9 Å². The Kier molecular flexibility index (Phi) is 7.69. The van der Waals surface area contributed by atoms with Crippen molar-refractivity contribution in [3.8, 4) is 33.8 Å². The van der Waals surface area contributed by atoms with Crippen molar-refractivity contribution in [2.45, 2.75) is 34.3 Å². The molecule has 0 spiro atoms. The third-order valence-electron chi connectivity index (χ3n) is 5.14. The summed E-state index contributed by atoms with van der Waals surface area (Å²) in [7, 11) is 1.60. The zero-order valence-corrected chi connectivity index (χ0v) is 20.3. The van der Waals surface area contributed by atoms with E-state index in [9.17, 15) is 9.59 Å². The van der Waals surface area contributed by atoms with Gasteiger partial charge in [0.05, 0.1) is 12.0 Å². The number of hydrogen-bond acceptors (Lipinski definition) is 5. The number of esters is 2. The summed E-state index contributed by atoms with van der Waals surface area (Å²) in [5, 5.41) is 0. The number of methoxy groups -OCH3 is 1. The zero-order chi connectivity index (χ0) is 24.9. The van der Waals surface area contributed by atoms with Crippen LogP contribution in [-0.2, 0) is 20.9 Å². The first-order chi connectivity index (χ1) is 16.1. The van der Waals surface area contributed by atoms with Gasteiger partial charge in [-0.25, -0.2) is 4.79 Å². The van der Waals surface area contributed by atoms with Crippen LogP contribution in [-0.4, -0.2) is 19.0 Å². The smallest absolute Gasteiger partial charge is 0.338 e. The second kappa shape index (κ2) is 10.5. The molecule has 5 heteroatoms. The fourth-order valence-corrected chi connectivity index (χ4v) is 3.14. The average Bonchev–Trinajstić information content (AvgIpc) is 2.80. The topological polar surface area (TPSA) is 61.8 Å². The Hall–Kier alpha value is -3.70. The molecule has 0 radical (unpaired) electrons. The van der Waals surface area contributed by atoms with Crippen LogP contribution in [0.3, 0.4) is 0 Å². The van der Waals surface area contributed by atoms with Crippen LogP contribution in [0.15, 0.2) is 78.9 Å². The van der Waals surface area contributed by atoms with Gasteiger partial charge in [0.2, 0.25) is 0 Å². The minimum atomic E-state index is -0.553. The summed E-state index contributed by atoms with van der Waals surface area (Å²) < 4.78 is 16.2. The van der Waals surface area contributed by atoms with Gasteiger partial charge in [-0.3, -0.25) is 4.79 Å². The van der Waals surface area contributed by atoms with E-state index in [0.29, 0.717) is 23.7 Å². The van der Waals surface area contributed by atoms with Crippen LogP contribution in [0, 0.1) is 5.41 Å². The van der Waals surface area contributed by atoms with E-state index in [-0.39, 0.29) is 5.97 Å². The molecule has 0 aromatic heterocycles. The SMILES string of the molecule is C=C(C)C(=O)Oc1ccc(-c2ccc(-c3ccc(OC(=O)C(C)(C)C)cc3)cc2)cc1COC. The summed E-state index contributed by atoms with van der Waals surface area (Å²) in [4.78, 5) is 24.0. The fourth-order valence-electron chi connectivity index (χ4n) is 3.14. The first-order valence-corrected chi connectivity index (χ1v) is 11.0. The molecular weight excluding hydrogens is 428 g/mol. The summed E-state index contributed by atoms with van der Waals surface area (Å²) >= 11 is 0. The van der Waals surface area contributed by atoms with E-state index in [4.69, 9.17) is 14.2 Å². The van der Waals surface area contributed by atoms with Crippen molar-refractivity contribution >= 4 is 11.9 Å². The highest BCUT2D eigenvalue weighted by atomic mass is 16.5. The standard InChI is InChI=1S/C29H30O5/c1-19(2)27(30)34-26-16-13-23(17-24(26)18-32-6)22-9-7-20(8-10-22)21-11-14-25(15-12-21)33-28(31)29(3,4)5/h7-17H,1,18H2,2-6H3. The molecule has 0 heterocycles. The van der Waals surface area contributed by atoms with Gasteiger partial charge in [-0.15, -0.1) is 0 Å². The first-order valence-electron chi connectivity index (χ1n) is 11.0. The number of hydrogen-bond donors (Lipinski definition) is 0. The van der Waals surface area contributed by atoms with Gasteiger partial charge < -0.3 is 14.2 Å². The lowest BCUT2D eigenvalue weighted by Gasteiger charge is -2.16. The monoisotopic (exact) mass is 458 g/mol. The molecule has 3 aromatic rings. The molecule has 5 nitrogen and oxygen atoms in total. The fraction of sp³-hybridized carbons (Fsp3) is 0.241.